The monoisotopic (exact) mass is 262 g/mol. The van der Waals surface area contributed by atoms with E-state index in [-0.39, 0.29) is 5.69 Å². The van der Waals surface area contributed by atoms with Crippen molar-refractivity contribution in [3.05, 3.63) is 47.4 Å². The molecule has 0 atom stereocenters. The number of halogens is 1. The number of aromatic carboxylic acids is 1. The molecule has 0 unspecified atom stereocenters. The summed E-state index contributed by atoms with van der Waals surface area (Å²) in [6, 6.07) is 6.32. The molecule has 0 spiro atoms. The Bertz CT molecular complexity index is 734. The highest BCUT2D eigenvalue weighted by Gasteiger charge is 2.20. The number of pyridine rings is 1. The fourth-order valence-corrected chi connectivity index (χ4v) is 2.52. The first-order chi connectivity index (χ1) is 8.66. The van der Waals surface area contributed by atoms with Gasteiger partial charge in [-0.15, -0.1) is 11.3 Å². The molecule has 0 bridgehead atoms. The highest BCUT2D eigenvalue weighted by atomic mass is 32.1. The van der Waals surface area contributed by atoms with Crippen LogP contribution in [0.5, 0.6) is 0 Å². The van der Waals surface area contributed by atoms with Crippen molar-refractivity contribution in [1.82, 2.24) is 9.38 Å². The predicted molar refractivity (Wildman–Crippen MR) is 65.4 cm³/mol. The van der Waals surface area contributed by atoms with E-state index in [0.29, 0.717) is 11.3 Å². The van der Waals surface area contributed by atoms with E-state index in [0.717, 1.165) is 11.1 Å². The highest BCUT2D eigenvalue weighted by molar-refractivity contribution is 7.13. The van der Waals surface area contributed by atoms with Gasteiger partial charge in [-0.1, -0.05) is 6.07 Å². The number of aromatic nitrogens is 2. The van der Waals surface area contributed by atoms with Gasteiger partial charge >= 0.3 is 5.97 Å². The summed E-state index contributed by atoms with van der Waals surface area (Å²) < 4.78 is 14.4. The van der Waals surface area contributed by atoms with Crippen LogP contribution in [0.15, 0.2) is 35.8 Å². The van der Waals surface area contributed by atoms with Crippen molar-refractivity contribution < 1.29 is 14.3 Å². The molecule has 0 radical (unpaired) electrons. The van der Waals surface area contributed by atoms with Crippen molar-refractivity contribution in [2.75, 3.05) is 0 Å². The lowest BCUT2D eigenvalue weighted by atomic mass is 10.3. The van der Waals surface area contributed by atoms with Crippen LogP contribution in [0.25, 0.3) is 16.2 Å². The van der Waals surface area contributed by atoms with Crippen LogP contribution in [0, 0.1) is 5.82 Å². The van der Waals surface area contributed by atoms with Crippen molar-refractivity contribution in [2.45, 2.75) is 0 Å². The third-order valence-electron chi connectivity index (χ3n) is 2.54. The Morgan fingerprint density at radius 2 is 2.22 bits per heavy atom. The molecule has 0 aliphatic carbocycles. The molecule has 3 rings (SSSR count). The van der Waals surface area contributed by atoms with Crippen molar-refractivity contribution in [3.63, 3.8) is 0 Å². The number of fused-ring (bicyclic) bond motifs is 1. The summed E-state index contributed by atoms with van der Waals surface area (Å²) in [6.45, 7) is 0. The quantitative estimate of drug-likeness (QED) is 0.772. The molecule has 4 nitrogen and oxygen atoms in total. The van der Waals surface area contributed by atoms with Crippen molar-refractivity contribution in [2.24, 2.45) is 0 Å². The summed E-state index contributed by atoms with van der Waals surface area (Å²) in [5, 5.41) is 11.1. The standard InChI is InChI=1S/C12H7FN2O2S/c13-7-3-4-9-14-10(8-2-1-5-18-8)11(12(16)17)15(9)6-7/h1-6H,(H,16,17). The zero-order chi connectivity index (χ0) is 12.7. The molecule has 3 aromatic rings. The van der Waals surface area contributed by atoms with Crippen LogP contribution >= 0.6 is 11.3 Å². The van der Waals surface area contributed by atoms with E-state index in [4.69, 9.17) is 0 Å². The lowest BCUT2D eigenvalue weighted by Crippen LogP contribution is -2.03. The summed E-state index contributed by atoms with van der Waals surface area (Å²) in [7, 11) is 0. The Morgan fingerprint density at radius 1 is 1.39 bits per heavy atom. The maximum atomic E-state index is 13.2. The van der Waals surface area contributed by atoms with E-state index < -0.39 is 11.8 Å². The molecule has 0 aliphatic rings. The minimum absolute atomic E-state index is 0.0213. The van der Waals surface area contributed by atoms with Gasteiger partial charge in [0.1, 0.15) is 17.2 Å². The number of hydrogen-bond acceptors (Lipinski definition) is 3. The average Bonchev–Trinajstić information content (AvgIpc) is 2.94. The number of thiophene rings is 1. The lowest BCUT2D eigenvalue weighted by molar-refractivity contribution is 0.0690. The number of nitrogens with zero attached hydrogens (tertiary/aromatic N) is 2. The van der Waals surface area contributed by atoms with Gasteiger partial charge in [0, 0.05) is 6.20 Å². The molecule has 3 heterocycles. The minimum Gasteiger partial charge on any atom is -0.476 e. The topological polar surface area (TPSA) is 54.6 Å². The zero-order valence-electron chi connectivity index (χ0n) is 9.00. The van der Waals surface area contributed by atoms with Crippen LogP contribution in [0.3, 0.4) is 0 Å². The van der Waals surface area contributed by atoms with Crippen molar-refractivity contribution in [3.8, 4) is 10.6 Å². The molecule has 0 fully saturated rings. The number of hydrogen-bond donors (Lipinski definition) is 1. The van der Waals surface area contributed by atoms with Gasteiger partial charge in [0.2, 0.25) is 0 Å². The van der Waals surface area contributed by atoms with Gasteiger partial charge in [-0.2, -0.15) is 0 Å². The third kappa shape index (κ3) is 1.58. The van der Waals surface area contributed by atoms with Gasteiger partial charge in [-0.05, 0) is 23.6 Å². The second-order valence-electron chi connectivity index (χ2n) is 3.67. The van der Waals surface area contributed by atoms with Crippen LogP contribution < -0.4 is 0 Å². The molecule has 6 heteroatoms. The number of carbonyl (C=O) groups is 1. The normalized spacial score (nSPS) is 10.9. The SMILES string of the molecule is O=C(O)c1c(-c2cccs2)nc2ccc(F)cn12. The highest BCUT2D eigenvalue weighted by Crippen LogP contribution is 2.28. The molecule has 90 valence electrons. The van der Waals surface area contributed by atoms with Crippen LogP contribution in [-0.4, -0.2) is 20.5 Å². The van der Waals surface area contributed by atoms with Gasteiger partial charge in [0.05, 0.1) is 4.88 Å². The van der Waals surface area contributed by atoms with E-state index in [1.54, 1.807) is 6.07 Å². The summed E-state index contributed by atoms with van der Waals surface area (Å²) in [5.74, 6) is -1.63. The van der Waals surface area contributed by atoms with E-state index in [1.165, 1.54) is 27.9 Å². The Labute approximate surface area is 105 Å². The summed E-state index contributed by atoms with van der Waals surface area (Å²) in [5.41, 5.74) is 0.757. The minimum atomic E-state index is -1.13. The van der Waals surface area contributed by atoms with E-state index in [2.05, 4.69) is 4.98 Å². The molecular formula is C12H7FN2O2S. The number of carboxylic acid groups (broad SMARTS) is 1. The van der Waals surface area contributed by atoms with E-state index in [1.807, 2.05) is 11.4 Å². The maximum absolute atomic E-state index is 13.2. The molecular weight excluding hydrogens is 255 g/mol. The molecule has 0 amide bonds. The van der Waals surface area contributed by atoms with Crippen LogP contribution in [0.2, 0.25) is 0 Å². The van der Waals surface area contributed by atoms with Gasteiger partial charge in [-0.25, -0.2) is 14.2 Å². The van der Waals surface area contributed by atoms with Crippen LogP contribution in [0.4, 0.5) is 4.39 Å². The second-order valence-corrected chi connectivity index (χ2v) is 4.61. The third-order valence-corrected chi connectivity index (χ3v) is 3.42. The molecule has 0 saturated carbocycles. The van der Waals surface area contributed by atoms with Crippen molar-refractivity contribution >= 4 is 23.0 Å². The summed E-state index contributed by atoms with van der Waals surface area (Å²) in [6.07, 6.45) is 1.13. The number of imidazole rings is 1. The van der Waals surface area contributed by atoms with Crippen LogP contribution in [-0.2, 0) is 0 Å². The Balaban J connectivity index is 2.38. The van der Waals surface area contributed by atoms with Crippen molar-refractivity contribution in [1.29, 1.82) is 0 Å². The van der Waals surface area contributed by atoms with E-state index >= 15 is 0 Å². The predicted octanol–water partition coefficient (Wildman–Crippen LogP) is 2.90. The van der Waals surface area contributed by atoms with E-state index in [9.17, 15) is 14.3 Å². The molecule has 3 aromatic heterocycles. The van der Waals surface area contributed by atoms with Gasteiger partial charge in [-0.3, -0.25) is 4.40 Å². The first-order valence-corrected chi connectivity index (χ1v) is 5.99. The summed E-state index contributed by atoms with van der Waals surface area (Å²) in [4.78, 5) is 16.3. The van der Waals surface area contributed by atoms with Gasteiger partial charge < -0.3 is 5.11 Å². The lowest BCUT2D eigenvalue weighted by Gasteiger charge is -1.98. The Kier molecular flexibility index (Phi) is 2.38. The maximum Gasteiger partial charge on any atom is 0.355 e. The Hall–Kier alpha value is -2.21. The van der Waals surface area contributed by atoms with Crippen LogP contribution in [0.1, 0.15) is 10.5 Å². The van der Waals surface area contributed by atoms with Gasteiger partial charge in [0.25, 0.3) is 0 Å². The first kappa shape index (κ1) is 10.9. The molecule has 1 N–H and O–H groups in total. The smallest absolute Gasteiger partial charge is 0.355 e. The average molecular weight is 262 g/mol. The fraction of sp³-hybridized carbons (Fsp3) is 0. The zero-order valence-corrected chi connectivity index (χ0v) is 9.82. The number of rotatable bonds is 2. The largest absolute Gasteiger partial charge is 0.476 e. The molecule has 18 heavy (non-hydrogen) atoms. The number of carboxylic acids is 1. The first-order valence-electron chi connectivity index (χ1n) is 5.11. The molecule has 0 aliphatic heterocycles. The molecule has 0 saturated heterocycles. The molecule has 0 aromatic carbocycles. The summed E-state index contributed by atoms with van der Waals surface area (Å²) >= 11 is 1.39. The van der Waals surface area contributed by atoms with Gasteiger partial charge in [0.15, 0.2) is 5.69 Å². The fourth-order valence-electron chi connectivity index (χ4n) is 1.81. The Morgan fingerprint density at radius 3 is 2.89 bits per heavy atom. The second kappa shape index (κ2) is 3.92.